The van der Waals surface area contributed by atoms with Gasteiger partial charge in [-0.1, -0.05) is 6.92 Å². The molecule has 162 valence electrons. The number of nitrogens with one attached hydrogen (secondary N) is 1. The molecule has 0 aliphatic carbocycles. The van der Waals surface area contributed by atoms with E-state index >= 15 is 0 Å². The molecule has 0 radical (unpaired) electrons. The fourth-order valence-electron chi connectivity index (χ4n) is 3.22. The van der Waals surface area contributed by atoms with Gasteiger partial charge in [0.2, 0.25) is 0 Å². The third-order valence-electron chi connectivity index (χ3n) is 4.70. The largest absolute Gasteiger partial charge is 0.464 e. The number of pyridine rings is 2. The molecular formula is C22H24N4O5. The van der Waals surface area contributed by atoms with Gasteiger partial charge < -0.3 is 15.2 Å². The Hall–Kier alpha value is -3.75. The number of hydrogen-bond donors (Lipinski definition) is 2. The normalized spacial score (nSPS) is 12.4. The molecule has 3 heterocycles. The molecule has 1 amide bonds. The molecule has 3 rings (SSSR count). The van der Waals surface area contributed by atoms with Crippen molar-refractivity contribution >= 4 is 28.9 Å². The van der Waals surface area contributed by atoms with Crippen molar-refractivity contribution in [2.45, 2.75) is 39.2 Å². The second-order valence-corrected chi connectivity index (χ2v) is 8.10. The van der Waals surface area contributed by atoms with Gasteiger partial charge in [-0.3, -0.25) is 14.3 Å². The monoisotopic (exact) mass is 424 g/mol. The van der Waals surface area contributed by atoms with Gasteiger partial charge in [-0.05, 0) is 44.5 Å². The third kappa shape index (κ3) is 4.55. The smallest absolute Gasteiger partial charge is 0.416 e. The first-order valence-electron chi connectivity index (χ1n) is 9.67. The minimum Gasteiger partial charge on any atom is -0.464 e. The zero-order chi connectivity index (χ0) is 22.9. The van der Waals surface area contributed by atoms with Crippen LogP contribution in [0.25, 0.3) is 10.9 Å². The highest BCUT2D eigenvalue weighted by molar-refractivity contribution is 5.97. The maximum Gasteiger partial charge on any atom is 0.416 e. The molecule has 1 atom stereocenters. The second kappa shape index (κ2) is 8.17. The molecule has 0 aromatic carbocycles. The summed E-state index contributed by atoms with van der Waals surface area (Å²) < 4.78 is 6.54. The average molecular weight is 424 g/mol. The Kier molecular flexibility index (Phi) is 5.79. The number of carbonyl (C=O) groups is 3. The minimum atomic E-state index is -1.12. The molecule has 0 saturated heterocycles. The van der Waals surface area contributed by atoms with Crippen LogP contribution in [0.15, 0.2) is 36.8 Å². The van der Waals surface area contributed by atoms with Gasteiger partial charge in [-0.25, -0.2) is 14.6 Å². The summed E-state index contributed by atoms with van der Waals surface area (Å²) in [5.41, 5.74) is 1.19. The molecule has 31 heavy (non-hydrogen) atoms. The summed E-state index contributed by atoms with van der Waals surface area (Å²) in [7, 11) is 1.48. The number of rotatable bonds is 4. The average Bonchev–Trinajstić information content (AvgIpc) is 3.15. The first kappa shape index (κ1) is 21.9. The minimum absolute atomic E-state index is 0.0796. The molecule has 2 N–H and O–H groups in total. The number of carbonyl (C=O) groups excluding carboxylic acids is 2. The molecule has 1 unspecified atom stereocenters. The van der Waals surface area contributed by atoms with Crippen LogP contribution in [0.4, 0.5) is 4.79 Å². The molecule has 0 aliphatic rings. The highest BCUT2D eigenvalue weighted by Gasteiger charge is 2.23. The molecule has 0 aliphatic heterocycles. The summed E-state index contributed by atoms with van der Waals surface area (Å²) in [6.07, 6.45) is 3.43. The lowest BCUT2D eigenvalue weighted by Crippen LogP contribution is -2.25. The fraction of sp³-hybridized carbons (Fsp3) is 0.318. The summed E-state index contributed by atoms with van der Waals surface area (Å²) in [5.74, 6) is -1.39. The summed E-state index contributed by atoms with van der Waals surface area (Å²) in [5, 5.41) is 12.6. The van der Waals surface area contributed by atoms with Crippen molar-refractivity contribution < 1.29 is 24.2 Å². The van der Waals surface area contributed by atoms with E-state index in [2.05, 4.69) is 15.3 Å². The lowest BCUT2D eigenvalue weighted by molar-refractivity contribution is 0.00691. The highest BCUT2D eigenvalue weighted by atomic mass is 16.6. The summed E-state index contributed by atoms with van der Waals surface area (Å²) in [6.45, 7) is 7.13. The first-order chi connectivity index (χ1) is 14.5. The Morgan fingerprint density at radius 2 is 1.90 bits per heavy atom. The molecule has 0 bridgehead atoms. The van der Waals surface area contributed by atoms with Crippen LogP contribution in [0.1, 0.15) is 65.7 Å². The van der Waals surface area contributed by atoms with E-state index in [9.17, 15) is 19.5 Å². The molecule has 3 aromatic heterocycles. The van der Waals surface area contributed by atoms with Gasteiger partial charge in [0, 0.05) is 36.4 Å². The van der Waals surface area contributed by atoms with E-state index in [-0.39, 0.29) is 17.2 Å². The maximum atomic E-state index is 12.7. The lowest BCUT2D eigenvalue weighted by Gasteiger charge is -2.20. The third-order valence-corrected chi connectivity index (χ3v) is 4.70. The Labute approximate surface area is 179 Å². The van der Waals surface area contributed by atoms with E-state index in [1.165, 1.54) is 25.5 Å². The Morgan fingerprint density at radius 3 is 2.52 bits per heavy atom. The maximum absolute atomic E-state index is 12.7. The standard InChI is InChI=1S/C22H24N4O5/c1-12(15-10-24-11-18-14(15)6-7-26(18)21(29)30)16-8-13(20(28)31-22(2,3)4)9-17(25-16)19(27)23-5/h6-12H,1-5H3,(H,23,27)(H,29,30). The number of carboxylic acid groups (broad SMARTS) is 1. The number of aromatic nitrogens is 3. The van der Waals surface area contributed by atoms with Crippen LogP contribution in [-0.2, 0) is 4.74 Å². The number of hydrogen-bond acceptors (Lipinski definition) is 6. The number of amides is 1. The summed E-state index contributed by atoms with van der Waals surface area (Å²) in [4.78, 5) is 45.0. The molecule has 9 nitrogen and oxygen atoms in total. The van der Waals surface area contributed by atoms with Crippen molar-refractivity contribution in [2.75, 3.05) is 7.05 Å². The van der Waals surface area contributed by atoms with Gasteiger partial charge in [0.1, 0.15) is 11.3 Å². The SMILES string of the molecule is CNC(=O)c1cc(C(=O)OC(C)(C)C)cc(C(C)c2cncc3c2ccn3C(=O)O)n1. The van der Waals surface area contributed by atoms with Gasteiger partial charge in [-0.2, -0.15) is 0 Å². The van der Waals surface area contributed by atoms with E-state index in [0.717, 1.165) is 4.57 Å². The van der Waals surface area contributed by atoms with E-state index in [0.29, 0.717) is 22.2 Å². The van der Waals surface area contributed by atoms with Gasteiger partial charge >= 0.3 is 12.1 Å². The van der Waals surface area contributed by atoms with Crippen LogP contribution < -0.4 is 5.32 Å². The van der Waals surface area contributed by atoms with E-state index < -0.39 is 23.6 Å². The van der Waals surface area contributed by atoms with Gasteiger partial charge in [-0.15, -0.1) is 0 Å². The van der Waals surface area contributed by atoms with Crippen molar-refractivity contribution in [1.82, 2.24) is 19.9 Å². The van der Waals surface area contributed by atoms with E-state index in [4.69, 9.17) is 4.74 Å². The zero-order valence-corrected chi connectivity index (χ0v) is 18.0. The lowest BCUT2D eigenvalue weighted by atomic mass is 9.94. The predicted molar refractivity (Wildman–Crippen MR) is 113 cm³/mol. The van der Waals surface area contributed by atoms with E-state index in [1.807, 2.05) is 6.92 Å². The predicted octanol–water partition coefficient (Wildman–Crippen LogP) is 3.42. The van der Waals surface area contributed by atoms with Crippen LogP contribution in [-0.4, -0.2) is 50.3 Å². The molecule has 0 spiro atoms. The Morgan fingerprint density at radius 1 is 1.19 bits per heavy atom. The van der Waals surface area contributed by atoms with E-state index in [1.54, 1.807) is 39.1 Å². The summed E-state index contributed by atoms with van der Waals surface area (Å²) >= 11 is 0. The van der Waals surface area contributed by atoms with Crippen molar-refractivity contribution in [3.63, 3.8) is 0 Å². The zero-order valence-electron chi connectivity index (χ0n) is 18.0. The number of ether oxygens (including phenoxy) is 1. The molecular weight excluding hydrogens is 400 g/mol. The molecule has 9 heteroatoms. The van der Waals surface area contributed by atoms with Crippen molar-refractivity contribution in [3.8, 4) is 0 Å². The highest BCUT2D eigenvalue weighted by Crippen LogP contribution is 2.30. The van der Waals surface area contributed by atoms with Crippen LogP contribution in [0.2, 0.25) is 0 Å². The Balaban J connectivity index is 2.12. The number of fused-ring (bicyclic) bond motifs is 1. The van der Waals surface area contributed by atoms with Crippen LogP contribution in [0, 0.1) is 0 Å². The van der Waals surface area contributed by atoms with Gasteiger partial charge in [0.25, 0.3) is 5.91 Å². The molecule has 0 fully saturated rings. The molecule has 3 aromatic rings. The van der Waals surface area contributed by atoms with Crippen molar-refractivity contribution in [2.24, 2.45) is 0 Å². The van der Waals surface area contributed by atoms with Crippen molar-refractivity contribution in [3.05, 3.63) is 59.3 Å². The quantitative estimate of drug-likeness (QED) is 0.615. The fourth-order valence-corrected chi connectivity index (χ4v) is 3.22. The summed E-state index contributed by atoms with van der Waals surface area (Å²) in [6, 6.07) is 4.66. The topological polar surface area (TPSA) is 123 Å². The van der Waals surface area contributed by atoms with Crippen LogP contribution in [0.5, 0.6) is 0 Å². The van der Waals surface area contributed by atoms with Crippen LogP contribution in [0.3, 0.4) is 0 Å². The van der Waals surface area contributed by atoms with Gasteiger partial charge in [0.05, 0.1) is 17.3 Å². The number of esters is 1. The number of nitrogens with zero attached hydrogens (tertiary/aromatic N) is 3. The van der Waals surface area contributed by atoms with Crippen molar-refractivity contribution in [1.29, 1.82) is 0 Å². The Bertz CT molecular complexity index is 1180. The van der Waals surface area contributed by atoms with Gasteiger partial charge in [0.15, 0.2) is 0 Å². The van der Waals surface area contributed by atoms with Crippen LogP contribution >= 0.6 is 0 Å². The second-order valence-electron chi connectivity index (χ2n) is 8.10. The first-order valence-corrected chi connectivity index (χ1v) is 9.67. The molecule has 0 saturated carbocycles.